The van der Waals surface area contributed by atoms with E-state index in [1.54, 1.807) is 0 Å². The van der Waals surface area contributed by atoms with Gasteiger partial charge in [-0.25, -0.2) is 0 Å². The summed E-state index contributed by atoms with van der Waals surface area (Å²) in [6.07, 6.45) is 0. The summed E-state index contributed by atoms with van der Waals surface area (Å²) in [5.74, 6) is 0. The lowest BCUT2D eigenvalue weighted by Crippen LogP contribution is -1.96. The quantitative estimate of drug-likeness (QED) is 0.182. The first-order chi connectivity index (χ1) is 25.8. The van der Waals surface area contributed by atoms with Gasteiger partial charge in [0.1, 0.15) is 5.58 Å². The molecule has 0 spiro atoms. The van der Waals surface area contributed by atoms with Gasteiger partial charge in [0.25, 0.3) is 0 Å². The lowest BCUT2D eigenvalue weighted by atomic mass is 9.99. The topological polar surface area (TPSA) is 23.0 Å². The summed E-state index contributed by atoms with van der Waals surface area (Å²) in [5.41, 5.74) is 11.1. The normalized spacial score (nSPS) is 12.2. The largest absolute Gasteiger partial charge is 0.454 e. The molecule has 0 aliphatic rings. The van der Waals surface area contributed by atoms with Gasteiger partial charge in [0, 0.05) is 58.2 Å². The molecule has 0 aliphatic carbocycles. The third-order valence-corrected chi connectivity index (χ3v) is 12.1. The maximum atomic E-state index is 6.79. The Balaban J connectivity index is 1.18. The third-order valence-electron chi connectivity index (χ3n) is 10.9. The van der Waals surface area contributed by atoms with Crippen molar-refractivity contribution in [3.63, 3.8) is 0 Å². The van der Waals surface area contributed by atoms with Crippen LogP contribution in [0.25, 0.3) is 108 Å². The number of hydrogen-bond donors (Lipinski definition) is 0. The van der Waals surface area contributed by atoms with Gasteiger partial charge in [-0.05, 0) is 77.9 Å². The number of para-hydroxylation sites is 4. The second kappa shape index (κ2) is 10.5. The Morgan fingerprint density at radius 1 is 0.404 bits per heavy atom. The number of rotatable bonds is 3. The average molecular weight is 681 g/mol. The summed E-state index contributed by atoms with van der Waals surface area (Å²) in [5, 5.41) is 9.87. The van der Waals surface area contributed by atoms with Crippen molar-refractivity contribution in [1.29, 1.82) is 0 Å². The van der Waals surface area contributed by atoms with Crippen molar-refractivity contribution in [2.75, 3.05) is 0 Å². The van der Waals surface area contributed by atoms with Gasteiger partial charge in [0.15, 0.2) is 5.58 Å². The minimum absolute atomic E-state index is 0.893. The molecule has 0 radical (unpaired) electrons. The minimum Gasteiger partial charge on any atom is -0.454 e. The van der Waals surface area contributed by atoms with Gasteiger partial charge < -0.3 is 13.6 Å². The van der Waals surface area contributed by atoms with Crippen LogP contribution in [0.4, 0.5) is 0 Å². The molecule has 0 fully saturated rings. The van der Waals surface area contributed by atoms with E-state index >= 15 is 0 Å². The first-order valence-electron chi connectivity index (χ1n) is 17.7. The highest BCUT2D eigenvalue weighted by Gasteiger charge is 2.22. The predicted octanol–water partition coefficient (Wildman–Crippen LogP) is 13.8. The van der Waals surface area contributed by atoms with Gasteiger partial charge in [-0.3, -0.25) is 0 Å². The van der Waals surface area contributed by atoms with Crippen LogP contribution in [0.2, 0.25) is 0 Å². The van der Waals surface area contributed by atoms with Crippen molar-refractivity contribution in [3.05, 3.63) is 170 Å². The fourth-order valence-electron chi connectivity index (χ4n) is 8.64. The summed E-state index contributed by atoms with van der Waals surface area (Å²) in [4.78, 5) is 0. The molecule has 0 amide bonds. The summed E-state index contributed by atoms with van der Waals surface area (Å²) >= 11 is 1.89. The smallest absolute Gasteiger partial charge is 0.159 e. The van der Waals surface area contributed by atoms with Crippen LogP contribution in [0.5, 0.6) is 0 Å². The monoisotopic (exact) mass is 680 g/mol. The molecule has 0 atom stereocenters. The molecule has 0 saturated carbocycles. The van der Waals surface area contributed by atoms with Crippen LogP contribution in [0.15, 0.2) is 174 Å². The molecule has 242 valence electrons. The van der Waals surface area contributed by atoms with Gasteiger partial charge in [-0.15, -0.1) is 11.3 Å². The van der Waals surface area contributed by atoms with E-state index in [1.807, 2.05) is 11.3 Å². The minimum atomic E-state index is 0.893. The molecular weight excluding hydrogens is 653 g/mol. The zero-order valence-electron chi connectivity index (χ0n) is 27.9. The number of benzene rings is 8. The highest BCUT2D eigenvalue weighted by atomic mass is 32.1. The Kier molecular flexibility index (Phi) is 5.65. The second-order valence-corrected chi connectivity index (χ2v) is 14.7. The van der Waals surface area contributed by atoms with E-state index in [0.717, 1.165) is 38.9 Å². The van der Waals surface area contributed by atoms with Crippen LogP contribution in [0, 0.1) is 0 Å². The molecule has 0 saturated heterocycles. The average Bonchev–Trinajstić information content (AvgIpc) is 3.95. The fourth-order valence-corrected chi connectivity index (χ4v) is 9.90. The lowest BCUT2D eigenvalue weighted by Gasteiger charge is -2.12. The van der Waals surface area contributed by atoms with Gasteiger partial charge in [-0.2, -0.15) is 0 Å². The fraction of sp³-hybridized carbons (Fsp3) is 0. The number of nitrogens with zero attached hydrogens (tertiary/aromatic N) is 2. The van der Waals surface area contributed by atoms with E-state index in [0.29, 0.717) is 0 Å². The molecule has 52 heavy (non-hydrogen) atoms. The molecule has 0 N–H and O–H groups in total. The first-order valence-corrected chi connectivity index (χ1v) is 18.5. The molecule has 8 aromatic carbocycles. The number of furan rings is 1. The van der Waals surface area contributed by atoms with Crippen LogP contribution in [-0.4, -0.2) is 9.13 Å². The van der Waals surface area contributed by atoms with E-state index in [2.05, 4.69) is 179 Å². The molecule has 12 aromatic rings. The van der Waals surface area contributed by atoms with E-state index < -0.39 is 0 Å². The van der Waals surface area contributed by atoms with E-state index in [1.165, 1.54) is 69.3 Å². The molecule has 0 unspecified atom stereocenters. The van der Waals surface area contributed by atoms with Crippen molar-refractivity contribution in [2.45, 2.75) is 0 Å². The van der Waals surface area contributed by atoms with Crippen LogP contribution in [0.3, 0.4) is 0 Å². The standard InChI is InChI=1S/C48H28N2OS/c1-2-12-31(13-3-1)49-39-18-8-4-14-32(39)37-26-29(22-24-41(37)49)30-27-38-33-15-6-10-20-44(33)51-47(38)43(28-30)50-40-19-9-5-17-36(40)46-42(50)25-23-35-34-16-7-11-21-45(34)52-48(35)46/h1-28H. The summed E-state index contributed by atoms with van der Waals surface area (Å²) in [7, 11) is 0. The zero-order chi connectivity index (χ0) is 33.9. The van der Waals surface area contributed by atoms with Gasteiger partial charge >= 0.3 is 0 Å². The van der Waals surface area contributed by atoms with Crippen molar-refractivity contribution in [1.82, 2.24) is 9.13 Å². The van der Waals surface area contributed by atoms with Crippen molar-refractivity contribution in [2.24, 2.45) is 0 Å². The second-order valence-electron chi connectivity index (χ2n) is 13.7. The molecule has 4 heteroatoms. The van der Waals surface area contributed by atoms with Crippen molar-refractivity contribution >= 4 is 97.1 Å². The van der Waals surface area contributed by atoms with Crippen molar-refractivity contribution in [3.8, 4) is 22.5 Å². The number of thiophene rings is 1. The molecule has 3 nitrogen and oxygen atoms in total. The number of hydrogen-bond acceptors (Lipinski definition) is 2. The van der Waals surface area contributed by atoms with E-state index in [9.17, 15) is 0 Å². The molecular formula is C48H28N2OS. The summed E-state index contributed by atoms with van der Waals surface area (Å²) in [6, 6.07) is 61.6. The van der Waals surface area contributed by atoms with Gasteiger partial charge in [0.05, 0.1) is 27.8 Å². The number of aromatic nitrogens is 2. The molecule has 4 heterocycles. The van der Waals surface area contributed by atoms with Crippen molar-refractivity contribution < 1.29 is 4.42 Å². The molecule has 12 rings (SSSR count). The Hall–Kier alpha value is -6.62. The molecule has 4 aromatic heterocycles. The maximum absolute atomic E-state index is 6.79. The van der Waals surface area contributed by atoms with Crippen LogP contribution < -0.4 is 0 Å². The van der Waals surface area contributed by atoms with Crippen LogP contribution in [-0.2, 0) is 0 Å². The highest BCUT2D eigenvalue weighted by molar-refractivity contribution is 7.26. The molecule has 0 aliphatic heterocycles. The summed E-state index contributed by atoms with van der Waals surface area (Å²) in [6.45, 7) is 0. The summed E-state index contributed by atoms with van der Waals surface area (Å²) < 4.78 is 14.2. The highest BCUT2D eigenvalue weighted by Crippen LogP contribution is 2.46. The van der Waals surface area contributed by atoms with Crippen LogP contribution in [0.1, 0.15) is 0 Å². The number of fused-ring (bicyclic) bond motifs is 13. The first kappa shape index (κ1) is 28.1. The van der Waals surface area contributed by atoms with Gasteiger partial charge in [0.2, 0.25) is 0 Å². The SMILES string of the molecule is c1ccc(-n2c3ccccc3c3cc(-c4cc(-n5c6ccccc6c6c7sc8ccccc8c7ccc65)c5oc6ccccc6c5c4)ccc32)cc1. The van der Waals surface area contributed by atoms with Crippen LogP contribution >= 0.6 is 11.3 Å². The molecule has 0 bridgehead atoms. The zero-order valence-corrected chi connectivity index (χ0v) is 28.7. The maximum Gasteiger partial charge on any atom is 0.159 e. The Morgan fingerprint density at radius 2 is 1.06 bits per heavy atom. The Bertz CT molecular complexity index is 3410. The predicted molar refractivity (Wildman–Crippen MR) is 221 cm³/mol. The van der Waals surface area contributed by atoms with E-state index in [-0.39, 0.29) is 0 Å². The third kappa shape index (κ3) is 3.79. The lowest BCUT2D eigenvalue weighted by molar-refractivity contribution is 0.666. The van der Waals surface area contributed by atoms with Gasteiger partial charge in [-0.1, -0.05) is 103 Å². The van der Waals surface area contributed by atoms with E-state index in [4.69, 9.17) is 4.42 Å². The Morgan fingerprint density at radius 3 is 1.92 bits per heavy atom. The Labute approximate surface area is 301 Å².